The van der Waals surface area contributed by atoms with E-state index in [9.17, 15) is 19.0 Å². The van der Waals surface area contributed by atoms with E-state index >= 15 is 0 Å². The van der Waals surface area contributed by atoms with Crippen molar-refractivity contribution < 1.29 is 37.3 Å². The van der Waals surface area contributed by atoms with Gasteiger partial charge in [0.05, 0.1) is 33.8 Å². The highest BCUT2D eigenvalue weighted by molar-refractivity contribution is 7.47. The summed E-state index contributed by atoms with van der Waals surface area (Å²) in [5.74, 6) is -0.524. The lowest BCUT2D eigenvalue weighted by atomic mass is 10.0. The van der Waals surface area contributed by atoms with Crippen LogP contribution in [0.3, 0.4) is 0 Å². The third-order valence-corrected chi connectivity index (χ3v) is 12.9. The van der Waals surface area contributed by atoms with Gasteiger partial charge in [0.2, 0.25) is 5.91 Å². The van der Waals surface area contributed by atoms with Crippen molar-refractivity contribution in [3.8, 4) is 0 Å². The minimum absolute atomic E-state index is 0.0358. The fraction of sp³-hybridized carbons (Fsp3) is 0.789. The van der Waals surface area contributed by atoms with E-state index in [1.54, 1.807) is 0 Å². The van der Waals surface area contributed by atoms with Crippen molar-refractivity contribution in [1.82, 2.24) is 5.32 Å². The van der Waals surface area contributed by atoms with Crippen molar-refractivity contribution in [1.29, 1.82) is 0 Å². The highest BCUT2D eigenvalue weighted by Gasteiger charge is 2.30. The van der Waals surface area contributed by atoms with E-state index in [0.29, 0.717) is 17.4 Å². The maximum atomic E-state index is 13.5. The van der Waals surface area contributed by atoms with Crippen molar-refractivity contribution in [2.75, 3.05) is 40.9 Å². The molecule has 2 N–H and O–H groups in total. The van der Waals surface area contributed by atoms with E-state index in [2.05, 4.69) is 74.7 Å². The molecule has 0 aromatic heterocycles. The molecule has 9 nitrogen and oxygen atoms in total. The number of ether oxygens (including phenoxy) is 1. The SMILES string of the molecule is CC/C=C/C/C=C/CCCCCCCCCC(=O)NC(COP(=O)(O)OCC[N+](C)(C)C)C(/C=C/CCCCCCCCCCCCC)OC(=O)CCCCCCCCC/C=C/C/C=C/CC. The van der Waals surface area contributed by atoms with Crippen LogP contribution in [0.1, 0.15) is 239 Å². The van der Waals surface area contributed by atoms with Gasteiger partial charge in [-0.3, -0.25) is 18.6 Å². The summed E-state index contributed by atoms with van der Waals surface area (Å²) >= 11 is 0. The van der Waals surface area contributed by atoms with E-state index in [-0.39, 0.29) is 31.5 Å². The molecule has 390 valence electrons. The van der Waals surface area contributed by atoms with Crippen molar-refractivity contribution in [2.45, 2.75) is 251 Å². The first-order valence-electron chi connectivity index (χ1n) is 27.6. The molecule has 0 fully saturated rings. The van der Waals surface area contributed by atoms with Gasteiger partial charge in [-0.05, 0) is 83.1 Å². The molecule has 0 radical (unpaired) electrons. The number of nitrogens with one attached hydrogen (secondary N) is 1. The number of phosphoric ester groups is 1. The Morgan fingerprint density at radius 2 is 0.955 bits per heavy atom. The van der Waals surface area contributed by atoms with Gasteiger partial charge in [0.25, 0.3) is 0 Å². The number of esters is 1. The van der Waals surface area contributed by atoms with Crippen LogP contribution < -0.4 is 5.32 Å². The quantitative estimate of drug-likeness (QED) is 0.0205. The highest BCUT2D eigenvalue weighted by Crippen LogP contribution is 2.43. The molecule has 0 bridgehead atoms. The Bertz CT molecular complexity index is 1340. The summed E-state index contributed by atoms with van der Waals surface area (Å²) in [5.41, 5.74) is 0. The first-order valence-corrected chi connectivity index (χ1v) is 29.1. The average Bonchev–Trinajstić information content (AvgIpc) is 3.28. The van der Waals surface area contributed by atoms with Gasteiger partial charge in [-0.2, -0.15) is 0 Å². The number of phosphoric acid groups is 1. The smallest absolute Gasteiger partial charge is 0.456 e. The number of rotatable bonds is 49. The number of hydrogen-bond acceptors (Lipinski definition) is 6. The average molecular weight is 962 g/mol. The van der Waals surface area contributed by atoms with Crippen LogP contribution in [0.25, 0.3) is 0 Å². The molecule has 0 aliphatic carbocycles. The Morgan fingerprint density at radius 1 is 0.537 bits per heavy atom. The first-order chi connectivity index (χ1) is 32.4. The predicted octanol–water partition coefficient (Wildman–Crippen LogP) is 16.3. The molecule has 67 heavy (non-hydrogen) atoms. The summed E-state index contributed by atoms with van der Waals surface area (Å²) in [6, 6.07) is -0.855. The molecule has 0 aromatic rings. The van der Waals surface area contributed by atoms with E-state index in [4.69, 9.17) is 13.8 Å². The van der Waals surface area contributed by atoms with Gasteiger partial charge in [0, 0.05) is 12.8 Å². The lowest BCUT2D eigenvalue weighted by Crippen LogP contribution is -2.47. The maximum Gasteiger partial charge on any atom is 0.472 e. The molecule has 0 spiro atoms. The van der Waals surface area contributed by atoms with Crippen molar-refractivity contribution in [3.63, 3.8) is 0 Å². The van der Waals surface area contributed by atoms with E-state index in [0.717, 1.165) is 109 Å². The largest absolute Gasteiger partial charge is 0.472 e. The molecule has 0 rings (SSSR count). The first kappa shape index (κ1) is 64.7. The normalized spacial score (nSPS) is 14.3. The summed E-state index contributed by atoms with van der Waals surface area (Å²) in [6.07, 6.45) is 57.8. The zero-order valence-corrected chi connectivity index (χ0v) is 45.3. The second kappa shape index (κ2) is 47.4. The molecule has 3 unspecified atom stereocenters. The van der Waals surface area contributed by atoms with Crippen LogP contribution in [0.5, 0.6) is 0 Å². The van der Waals surface area contributed by atoms with Gasteiger partial charge in [-0.25, -0.2) is 4.57 Å². The molecule has 3 atom stereocenters. The Labute approximate surface area is 413 Å². The molecule has 0 saturated heterocycles. The van der Waals surface area contributed by atoms with Gasteiger partial charge in [0.15, 0.2) is 0 Å². The van der Waals surface area contributed by atoms with Crippen molar-refractivity contribution in [2.24, 2.45) is 0 Å². The number of amides is 1. The fourth-order valence-corrected chi connectivity index (χ4v) is 8.46. The molecule has 0 aromatic carbocycles. The molecule has 0 saturated carbocycles. The molecule has 0 aliphatic rings. The van der Waals surface area contributed by atoms with E-state index < -0.39 is 20.0 Å². The molecular weight excluding hydrogens is 856 g/mol. The number of hydrogen-bond donors (Lipinski definition) is 2. The minimum Gasteiger partial charge on any atom is -0.456 e. The Morgan fingerprint density at radius 3 is 1.42 bits per heavy atom. The number of likely N-dealkylation sites (N-methyl/N-ethyl adjacent to an activating group) is 1. The van der Waals surface area contributed by atoms with E-state index in [1.807, 2.05) is 33.3 Å². The number of unbranched alkanes of at least 4 members (excludes halogenated alkanes) is 25. The number of carbonyl (C=O) groups excluding carboxylic acids is 2. The Kier molecular flexibility index (Phi) is 45.8. The zero-order chi connectivity index (χ0) is 49.4. The second-order valence-corrected chi connectivity index (χ2v) is 21.1. The molecular formula is C57H106N2O7P+. The van der Waals surface area contributed by atoms with Crippen LogP contribution in [-0.4, -0.2) is 74.3 Å². The number of allylic oxidation sites excluding steroid dienone is 9. The van der Waals surface area contributed by atoms with E-state index in [1.165, 1.54) is 96.3 Å². The highest BCUT2D eigenvalue weighted by atomic mass is 31.2. The Balaban J connectivity index is 5.42. The number of quaternary nitrogens is 1. The van der Waals surface area contributed by atoms with Crippen LogP contribution >= 0.6 is 7.82 Å². The molecule has 10 heteroatoms. The second-order valence-electron chi connectivity index (χ2n) is 19.7. The van der Waals surface area contributed by atoms with Gasteiger partial charge in [-0.15, -0.1) is 0 Å². The lowest BCUT2D eigenvalue weighted by Gasteiger charge is -2.27. The number of carbonyl (C=O) groups is 2. The summed E-state index contributed by atoms with van der Waals surface area (Å²) in [4.78, 5) is 37.5. The van der Waals surface area contributed by atoms with Gasteiger partial charge in [-0.1, -0.05) is 204 Å². The minimum atomic E-state index is -4.45. The monoisotopic (exact) mass is 962 g/mol. The number of nitrogens with zero attached hydrogens (tertiary/aromatic N) is 1. The fourth-order valence-electron chi connectivity index (χ4n) is 7.72. The zero-order valence-electron chi connectivity index (χ0n) is 44.4. The van der Waals surface area contributed by atoms with Gasteiger partial charge in [0.1, 0.15) is 19.3 Å². The van der Waals surface area contributed by atoms with Gasteiger partial charge < -0.3 is 19.4 Å². The molecule has 1 amide bonds. The summed E-state index contributed by atoms with van der Waals surface area (Å²) < 4.78 is 30.6. The van der Waals surface area contributed by atoms with Crippen molar-refractivity contribution in [3.05, 3.63) is 60.8 Å². The maximum absolute atomic E-state index is 13.5. The van der Waals surface area contributed by atoms with Crippen molar-refractivity contribution >= 4 is 19.7 Å². The summed E-state index contributed by atoms with van der Waals surface area (Å²) in [7, 11) is 1.48. The standard InChI is InChI=1S/C57H105N2O7P/c1-7-10-13-16-19-22-25-28-31-34-37-40-43-46-49-56(60)58-54(53-65-67(62,63)64-52-51-59(4,5)6)55(48-45-42-39-36-33-30-27-24-21-18-15-12-9-3)66-57(61)50-47-44-41-38-35-32-29-26-23-20-17-14-11-8-2/h10-11,13-14,19-20,22-23,45,48,54-55H,7-9,12,15-18,21,24-44,46-47,49-53H2,1-6H3,(H-,58,60,62,63)/p+1/b13-10+,14-11+,22-19+,23-20+,48-45+. The lowest BCUT2D eigenvalue weighted by molar-refractivity contribution is -0.870. The topological polar surface area (TPSA) is 111 Å². The molecule has 0 heterocycles. The van der Waals surface area contributed by atoms with Crippen LogP contribution in [0.4, 0.5) is 0 Å². The third-order valence-electron chi connectivity index (χ3n) is 12.0. The van der Waals surface area contributed by atoms with Crippen LogP contribution in [-0.2, 0) is 27.9 Å². The van der Waals surface area contributed by atoms with Gasteiger partial charge >= 0.3 is 13.8 Å². The predicted molar refractivity (Wildman–Crippen MR) is 286 cm³/mol. The van der Waals surface area contributed by atoms with Crippen LogP contribution in [0.15, 0.2) is 60.8 Å². The Hall–Kier alpha value is -2.29. The third kappa shape index (κ3) is 48.5. The summed E-state index contributed by atoms with van der Waals surface area (Å²) in [6.45, 7) is 6.78. The molecule has 0 aliphatic heterocycles. The van der Waals surface area contributed by atoms with Crippen LogP contribution in [0, 0.1) is 0 Å². The summed E-state index contributed by atoms with van der Waals surface area (Å²) in [5, 5.41) is 3.04. The van der Waals surface area contributed by atoms with Crippen LogP contribution in [0.2, 0.25) is 0 Å².